The molecule has 0 radical (unpaired) electrons. The monoisotopic (exact) mass is 226 g/mol. The Kier molecular flexibility index (Phi) is 8.53. The van der Waals surface area contributed by atoms with Crippen molar-refractivity contribution in [1.82, 2.24) is 0 Å². The van der Waals surface area contributed by atoms with Crippen LogP contribution < -0.4 is 0 Å². The molecule has 0 aromatic rings. The van der Waals surface area contributed by atoms with Crippen LogP contribution in [0.3, 0.4) is 0 Å². The van der Waals surface area contributed by atoms with Gasteiger partial charge in [0.25, 0.3) is 0 Å². The lowest BCUT2D eigenvalue weighted by atomic mass is 10.1. The molecule has 3 heteroatoms. The topological polar surface area (TPSA) is 46.5 Å². The van der Waals surface area contributed by atoms with Gasteiger partial charge >= 0.3 is 5.97 Å². The molecular weight excluding hydrogens is 204 g/mol. The van der Waals surface area contributed by atoms with Crippen molar-refractivity contribution in [2.24, 2.45) is 0 Å². The predicted octanol–water partition coefficient (Wildman–Crippen LogP) is 2.60. The van der Waals surface area contributed by atoms with E-state index in [9.17, 15) is 4.79 Å². The third-order valence-corrected chi connectivity index (χ3v) is 2.26. The van der Waals surface area contributed by atoms with Crippen LogP contribution in [0.2, 0.25) is 0 Å². The molecule has 0 atom stereocenters. The average Bonchev–Trinajstić information content (AvgIpc) is 2.26. The van der Waals surface area contributed by atoms with Crippen LogP contribution in [0.1, 0.15) is 39.0 Å². The molecule has 0 unspecified atom stereocenters. The van der Waals surface area contributed by atoms with Crippen LogP contribution in [0.15, 0.2) is 23.8 Å². The molecule has 0 aliphatic rings. The lowest BCUT2D eigenvalue weighted by Gasteiger charge is -2.05. The normalized spacial score (nSPS) is 11.3. The zero-order valence-corrected chi connectivity index (χ0v) is 10.3. The minimum atomic E-state index is -0.264. The Balaban J connectivity index is 4.18. The smallest absolute Gasteiger partial charge is 0.333 e. The molecule has 3 nitrogen and oxygen atoms in total. The summed E-state index contributed by atoms with van der Waals surface area (Å²) in [6.45, 7) is 5.95. The highest BCUT2D eigenvalue weighted by Crippen LogP contribution is 2.12. The van der Waals surface area contributed by atoms with E-state index in [1.165, 1.54) is 7.11 Å². The van der Waals surface area contributed by atoms with Crippen LogP contribution in [0, 0.1) is 0 Å². The summed E-state index contributed by atoms with van der Waals surface area (Å²) in [5.41, 5.74) is 1.81. The van der Waals surface area contributed by atoms with Gasteiger partial charge in [-0.1, -0.05) is 11.6 Å². The Labute approximate surface area is 97.8 Å². The van der Waals surface area contributed by atoms with Crippen molar-refractivity contribution in [3.8, 4) is 0 Å². The van der Waals surface area contributed by atoms with Gasteiger partial charge in [0.15, 0.2) is 0 Å². The summed E-state index contributed by atoms with van der Waals surface area (Å²) in [4.78, 5) is 11.4. The standard InChI is InChI=1S/C13H22O3/c1-11(2)7-6-9-12(13(15)16-3)8-4-5-10-14/h9,14H,1,4-8,10H2,2-3H3/b12-9-. The number of ether oxygens (including phenoxy) is 1. The van der Waals surface area contributed by atoms with Gasteiger partial charge < -0.3 is 9.84 Å². The number of methoxy groups -OCH3 is 1. The van der Waals surface area contributed by atoms with E-state index in [2.05, 4.69) is 6.58 Å². The second-order valence-corrected chi connectivity index (χ2v) is 3.90. The fraction of sp³-hybridized carbons (Fsp3) is 0.615. The molecule has 16 heavy (non-hydrogen) atoms. The summed E-state index contributed by atoms with van der Waals surface area (Å²) in [5, 5.41) is 8.68. The van der Waals surface area contributed by atoms with E-state index in [0.29, 0.717) is 12.0 Å². The first kappa shape index (κ1) is 14.9. The molecule has 0 aromatic carbocycles. The Bertz CT molecular complexity index is 254. The quantitative estimate of drug-likeness (QED) is 0.299. The fourth-order valence-corrected chi connectivity index (χ4v) is 1.34. The molecule has 0 fully saturated rings. The second-order valence-electron chi connectivity index (χ2n) is 3.90. The van der Waals surface area contributed by atoms with Crippen LogP contribution >= 0.6 is 0 Å². The molecular formula is C13H22O3. The van der Waals surface area contributed by atoms with Gasteiger partial charge in [0.2, 0.25) is 0 Å². The first-order chi connectivity index (χ1) is 7.61. The largest absolute Gasteiger partial charge is 0.466 e. The molecule has 0 rings (SSSR count). The van der Waals surface area contributed by atoms with E-state index in [1.807, 2.05) is 13.0 Å². The molecule has 0 aromatic heterocycles. The molecule has 0 heterocycles. The number of carbonyl (C=O) groups excluding carboxylic acids is 1. The molecule has 0 spiro atoms. The van der Waals surface area contributed by atoms with E-state index >= 15 is 0 Å². The summed E-state index contributed by atoms with van der Waals surface area (Å²) in [6, 6.07) is 0. The Morgan fingerprint density at radius 3 is 2.56 bits per heavy atom. The summed E-state index contributed by atoms with van der Waals surface area (Å²) in [6.07, 6.45) is 5.82. The molecule has 0 aliphatic heterocycles. The maximum absolute atomic E-state index is 11.4. The van der Waals surface area contributed by atoms with Gasteiger partial charge in [-0.3, -0.25) is 0 Å². The lowest BCUT2D eigenvalue weighted by molar-refractivity contribution is -0.136. The van der Waals surface area contributed by atoms with Gasteiger partial charge in [-0.15, -0.1) is 6.58 Å². The number of carbonyl (C=O) groups is 1. The highest BCUT2D eigenvalue weighted by Gasteiger charge is 2.08. The number of hydrogen-bond donors (Lipinski definition) is 1. The number of aliphatic hydroxyl groups is 1. The third-order valence-electron chi connectivity index (χ3n) is 2.26. The number of aliphatic hydroxyl groups excluding tert-OH is 1. The maximum Gasteiger partial charge on any atom is 0.333 e. The molecule has 0 amide bonds. The van der Waals surface area contributed by atoms with Crippen LogP contribution in [-0.4, -0.2) is 24.8 Å². The zero-order valence-electron chi connectivity index (χ0n) is 10.3. The van der Waals surface area contributed by atoms with E-state index < -0.39 is 0 Å². The van der Waals surface area contributed by atoms with Crippen molar-refractivity contribution in [3.63, 3.8) is 0 Å². The zero-order chi connectivity index (χ0) is 12.4. The average molecular weight is 226 g/mol. The van der Waals surface area contributed by atoms with Crippen LogP contribution in [0.25, 0.3) is 0 Å². The van der Waals surface area contributed by atoms with Crippen molar-refractivity contribution in [2.45, 2.75) is 39.0 Å². The molecule has 0 saturated heterocycles. The number of esters is 1. The molecule has 1 N–H and O–H groups in total. The van der Waals surface area contributed by atoms with Gasteiger partial charge in [-0.2, -0.15) is 0 Å². The summed E-state index contributed by atoms with van der Waals surface area (Å²) < 4.78 is 4.71. The van der Waals surface area contributed by atoms with Gasteiger partial charge in [-0.05, 0) is 39.0 Å². The van der Waals surface area contributed by atoms with Crippen LogP contribution in [0.5, 0.6) is 0 Å². The van der Waals surface area contributed by atoms with Gasteiger partial charge in [0.05, 0.1) is 7.11 Å². The molecule has 0 bridgehead atoms. The molecule has 92 valence electrons. The number of hydrogen-bond acceptors (Lipinski definition) is 3. The Hall–Kier alpha value is -1.09. The predicted molar refractivity (Wildman–Crippen MR) is 65.1 cm³/mol. The summed E-state index contributed by atoms with van der Waals surface area (Å²) in [5.74, 6) is -0.264. The van der Waals surface area contributed by atoms with Crippen molar-refractivity contribution in [1.29, 1.82) is 0 Å². The maximum atomic E-state index is 11.4. The van der Waals surface area contributed by atoms with Gasteiger partial charge in [0.1, 0.15) is 0 Å². The van der Waals surface area contributed by atoms with Crippen molar-refractivity contribution < 1.29 is 14.6 Å². The van der Waals surface area contributed by atoms with Crippen LogP contribution in [-0.2, 0) is 9.53 Å². The number of rotatable bonds is 8. The first-order valence-electron chi connectivity index (χ1n) is 5.64. The highest BCUT2D eigenvalue weighted by molar-refractivity contribution is 5.88. The van der Waals surface area contributed by atoms with Crippen molar-refractivity contribution >= 4 is 5.97 Å². The number of allylic oxidation sites excluding steroid dienone is 2. The summed E-state index contributed by atoms with van der Waals surface area (Å²) >= 11 is 0. The van der Waals surface area contributed by atoms with Gasteiger partial charge in [-0.25, -0.2) is 4.79 Å². The minimum absolute atomic E-state index is 0.167. The SMILES string of the molecule is C=C(C)CC/C=C(/CCCCO)C(=O)OC. The minimum Gasteiger partial charge on any atom is -0.466 e. The van der Waals surface area contributed by atoms with E-state index in [1.54, 1.807) is 0 Å². The molecule has 0 saturated carbocycles. The van der Waals surface area contributed by atoms with Crippen molar-refractivity contribution in [3.05, 3.63) is 23.8 Å². The van der Waals surface area contributed by atoms with Crippen LogP contribution in [0.4, 0.5) is 0 Å². The third kappa shape index (κ3) is 7.23. The van der Waals surface area contributed by atoms with E-state index in [0.717, 1.165) is 31.3 Å². The first-order valence-corrected chi connectivity index (χ1v) is 5.64. The molecule has 0 aliphatic carbocycles. The second kappa shape index (κ2) is 9.16. The van der Waals surface area contributed by atoms with E-state index in [-0.39, 0.29) is 12.6 Å². The van der Waals surface area contributed by atoms with Gasteiger partial charge in [0, 0.05) is 12.2 Å². The number of unbranched alkanes of at least 4 members (excludes halogenated alkanes) is 1. The Morgan fingerprint density at radius 1 is 1.38 bits per heavy atom. The fourth-order valence-electron chi connectivity index (χ4n) is 1.34. The lowest BCUT2D eigenvalue weighted by Crippen LogP contribution is -2.05. The van der Waals surface area contributed by atoms with E-state index in [4.69, 9.17) is 9.84 Å². The van der Waals surface area contributed by atoms with Crippen molar-refractivity contribution in [2.75, 3.05) is 13.7 Å². The summed E-state index contributed by atoms with van der Waals surface area (Å²) in [7, 11) is 1.39. The Morgan fingerprint density at radius 2 is 2.06 bits per heavy atom. The highest BCUT2D eigenvalue weighted by atomic mass is 16.5.